The zero-order chi connectivity index (χ0) is 28.3. The van der Waals surface area contributed by atoms with Crippen LogP contribution in [0.1, 0.15) is 36.1 Å². The average Bonchev–Trinajstić information content (AvgIpc) is 2.97. The van der Waals surface area contributed by atoms with Gasteiger partial charge in [-0.2, -0.15) is 0 Å². The van der Waals surface area contributed by atoms with Crippen molar-refractivity contribution >= 4 is 64.7 Å². The molecule has 0 radical (unpaired) electrons. The number of hydrogen-bond donors (Lipinski definition) is 0. The molecule has 3 heterocycles. The van der Waals surface area contributed by atoms with Crippen LogP contribution in [0.4, 0.5) is 28.4 Å². The maximum Gasteiger partial charge on any atom is 0.332 e. The summed E-state index contributed by atoms with van der Waals surface area (Å²) in [5.74, 6) is 0. The normalized spacial score (nSPS) is 16.8. The van der Waals surface area contributed by atoms with Crippen molar-refractivity contribution in [1.29, 1.82) is 0 Å². The Morgan fingerprint density at radius 1 is 0.561 bits per heavy atom. The van der Waals surface area contributed by atoms with E-state index in [9.17, 15) is 0 Å². The molecule has 0 N–H and O–H groups in total. The maximum absolute atomic E-state index is 2.73. The predicted octanol–water partition coefficient (Wildman–Crippen LogP) is 6.81. The summed E-state index contributed by atoms with van der Waals surface area (Å²) in [6, 6.07) is 39.1. The van der Waals surface area contributed by atoms with Crippen molar-refractivity contribution < 1.29 is 0 Å². The second kappa shape index (κ2) is 8.27. The lowest BCUT2D eigenvalue weighted by Crippen LogP contribution is -2.67. The fourth-order valence-corrected chi connectivity index (χ4v) is 11.2. The van der Waals surface area contributed by atoms with E-state index in [0.717, 1.165) is 0 Å². The molecular formula is C37H35BN2Si. The molecule has 5 aromatic rings. The minimum atomic E-state index is -1.93. The second-order valence-corrected chi connectivity index (χ2v) is 17.4. The molecule has 3 aliphatic heterocycles. The Kier molecular flexibility index (Phi) is 4.99. The summed E-state index contributed by atoms with van der Waals surface area (Å²) >= 11 is 0. The fraction of sp³-hybridized carbons (Fsp3) is 0.189. The number of rotatable bonds is 1. The smallest absolute Gasteiger partial charge is 0.332 e. The predicted molar refractivity (Wildman–Crippen MR) is 180 cm³/mol. The number of para-hydroxylation sites is 5. The van der Waals surface area contributed by atoms with Gasteiger partial charge in [0.1, 0.15) is 8.07 Å². The van der Waals surface area contributed by atoms with Gasteiger partial charge in [0, 0.05) is 28.2 Å². The van der Waals surface area contributed by atoms with Crippen LogP contribution in [0.5, 0.6) is 0 Å². The van der Waals surface area contributed by atoms with Crippen molar-refractivity contribution in [3.05, 3.63) is 125 Å². The summed E-state index contributed by atoms with van der Waals surface area (Å²) in [5.41, 5.74) is 14.9. The van der Waals surface area contributed by atoms with Crippen LogP contribution in [0.2, 0.25) is 13.1 Å². The molecule has 0 atom stereocenters. The summed E-state index contributed by atoms with van der Waals surface area (Å²) in [7, 11) is -1.93. The quantitative estimate of drug-likeness (QED) is 0.213. The molecule has 0 amide bonds. The number of aryl methyl sites for hydroxylation is 2. The zero-order valence-electron chi connectivity index (χ0n) is 24.8. The second-order valence-electron chi connectivity index (χ2n) is 13.1. The van der Waals surface area contributed by atoms with Crippen LogP contribution < -0.4 is 31.0 Å². The molecular weight excluding hydrogens is 511 g/mol. The first-order valence-corrected chi connectivity index (χ1v) is 17.8. The molecule has 0 saturated carbocycles. The van der Waals surface area contributed by atoms with Crippen LogP contribution in [0.3, 0.4) is 0 Å². The highest BCUT2D eigenvalue weighted by molar-refractivity contribution is 7.04. The van der Waals surface area contributed by atoms with Crippen molar-refractivity contribution in [2.45, 2.75) is 46.2 Å². The summed E-state index contributed by atoms with van der Waals surface area (Å²) < 4.78 is 0. The van der Waals surface area contributed by atoms with Crippen LogP contribution in [0, 0.1) is 13.8 Å². The highest BCUT2D eigenvalue weighted by Crippen LogP contribution is 2.52. The molecule has 0 fully saturated rings. The molecule has 0 aromatic heterocycles. The van der Waals surface area contributed by atoms with E-state index < -0.39 is 8.07 Å². The van der Waals surface area contributed by atoms with E-state index >= 15 is 0 Å². The van der Waals surface area contributed by atoms with Gasteiger partial charge in [-0.25, -0.2) is 0 Å². The molecule has 4 heteroatoms. The van der Waals surface area contributed by atoms with Crippen LogP contribution in [-0.4, -0.2) is 14.9 Å². The first-order valence-electron chi connectivity index (χ1n) is 14.8. The molecule has 41 heavy (non-hydrogen) atoms. The van der Waals surface area contributed by atoms with Crippen LogP contribution in [0.25, 0.3) is 0 Å². The van der Waals surface area contributed by atoms with Gasteiger partial charge in [-0.3, -0.25) is 0 Å². The summed E-state index contributed by atoms with van der Waals surface area (Å²) in [6.45, 7) is 14.5. The van der Waals surface area contributed by atoms with Gasteiger partial charge < -0.3 is 9.71 Å². The molecule has 8 rings (SSSR count). The average molecular weight is 547 g/mol. The topological polar surface area (TPSA) is 6.48 Å². The lowest BCUT2D eigenvalue weighted by Gasteiger charge is -2.51. The number of hydrogen-bond acceptors (Lipinski definition) is 2. The monoisotopic (exact) mass is 546 g/mol. The standard InChI is InChI=1S/C37H35BN2Si/c1-24-14-11-22-32-34(24)40(35-25(2)15-12-23-33(35)41(32,5)6)38-28-18-8-10-21-31(28)39-30-20-9-7-16-26(30)37(3,4)27-17-13-19-29(38)36(27)39/h7-23H,1-6H3. The molecule has 5 aromatic carbocycles. The Morgan fingerprint density at radius 2 is 1.10 bits per heavy atom. The largest absolute Gasteiger partial charge is 0.377 e. The van der Waals surface area contributed by atoms with Crippen molar-refractivity contribution in [3.8, 4) is 0 Å². The lowest BCUT2D eigenvalue weighted by atomic mass is 9.45. The third-order valence-corrected chi connectivity index (χ3v) is 13.6. The van der Waals surface area contributed by atoms with Gasteiger partial charge in [-0.1, -0.05) is 118 Å². The van der Waals surface area contributed by atoms with E-state index in [0.29, 0.717) is 0 Å². The van der Waals surface area contributed by atoms with Gasteiger partial charge in [0.15, 0.2) is 0 Å². The Balaban J connectivity index is 1.51. The number of nitrogens with zero attached hydrogens (tertiary/aromatic N) is 2. The Hall–Kier alpha value is -4.02. The molecule has 0 aliphatic carbocycles. The van der Waals surface area contributed by atoms with Crippen LogP contribution in [-0.2, 0) is 5.41 Å². The third-order valence-electron chi connectivity index (χ3n) is 10.1. The maximum atomic E-state index is 2.73. The summed E-state index contributed by atoms with van der Waals surface area (Å²) in [5, 5.41) is 3.07. The van der Waals surface area contributed by atoms with E-state index in [1.165, 1.54) is 72.0 Å². The SMILES string of the molecule is Cc1cccc2c1N(B1c3ccccc3N3c4ccccc4C(C)(C)c4cccc1c43)c1c(C)cccc1[Si]2(C)C. The highest BCUT2D eigenvalue weighted by Gasteiger charge is 2.49. The van der Waals surface area contributed by atoms with E-state index in [1.54, 1.807) is 0 Å². The molecule has 2 nitrogen and oxygen atoms in total. The molecule has 3 aliphatic rings. The van der Waals surface area contributed by atoms with Crippen molar-refractivity contribution in [3.63, 3.8) is 0 Å². The van der Waals surface area contributed by atoms with Gasteiger partial charge in [0.2, 0.25) is 0 Å². The van der Waals surface area contributed by atoms with Crippen LogP contribution in [0.15, 0.2) is 103 Å². The lowest BCUT2D eigenvalue weighted by molar-refractivity contribution is 0.632. The Morgan fingerprint density at radius 3 is 1.78 bits per heavy atom. The van der Waals surface area contributed by atoms with E-state index in [4.69, 9.17) is 0 Å². The van der Waals surface area contributed by atoms with Crippen LogP contribution >= 0.6 is 0 Å². The van der Waals surface area contributed by atoms with Gasteiger partial charge in [0.25, 0.3) is 0 Å². The molecule has 0 unspecified atom stereocenters. The first-order chi connectivity index (χ1) is 19.7. The molecule has 0 bridgehead atoms. The highest BCUT2D eigenvalue weighted by atomic mass is 28.3. The third kappa shape index (κ3) is 3.09. The van der Waals surface area contributed by atoms with Crippen molar-refractivity contribution in [2.75, 3.05) is 9.71 Å². The fourth-order valence-electron chi connectivity index (χ4n) is 8.10. The van der Waals surface area contributed by atoms with Gasteiger partial charge in [-0.05, 0) is 69.5 Å². The van der Waals surface area contributed by atoms with Gasteiger partial charge >= 0.3 is 6.85 Å². The molecule has 0 saturated heterocycles. The number of anilines is 5. The van der Waals surface area contributed by atoms with Gasteiger partial charge in [0.05, 0.1) is 5.69 Å². The Bertz CT molecular complexity index is 1850. The summed E-state index contributed by atoms with van der Waals surface area (Å²) in [6.07, 6.45) is 0. The van der Waals surface area contributed by atoms with Crippen molar-refractivity contribution in [2.24, 2.45) is 0 Å². The first kappa shape index (κ1) is 24.8. The zero-order valence-corrected chi connectivity index (χ0v) is 25.8. The number of fused-ring (bicyclic) bond motifs is 6. The van der Waals surface area contributed by atoms with Gasteiger partial charge in [-0.15, -0.1) is 0 Å². The Labute approximate surface area is 245 Å². The molecule has 200 valence electrons. The van der Waals surface area contributed by atoms with E-state index in [2.05, 4.69) is 154 Å². The number of benzene rings is 5. The van der Waals surface area contributed by atoms with E-state index in [-0.39, 0.29) is 12.3 Å². The minimum Gasteiger partial charge on any atom is -0.377 e. The molecule has 0 spiro atoms. The van der Waals surface area contributed by atoms with Crippen molar-refractivity contribution in [1.82, 2.24) is 0 Å². The minimum absolute atomic E-state index is 0.0586. The van der Waals surface area contributed by atoms with E-state index in [1.807, 2.05) is 0 Å². The summed E-state index contributed by atoms with van der Waals surface area (Å²) in [4.78, 5) is 5.28.